The standard InChI is InChI=1S/C23H20N4O2S/c28-22(24-17-13-14-17)20(16-8-3-1-4-9-16)30-23-26-25-21(19-12-7-15-29-19)27(23)18-10-5-2-6-11-18/h1-12,15,17,20H,13-14H2,(H,24,28)/t20-/m1/s1. The zero-order valence-electron chi connectivity index (χ0n) is 16.1. The van der Waals surface area contributed by atoms with Crippen LogP contribution in [0, 0.1) is 0 Å². The highest BCUT2D eigenvalue weighted by Gasteiger charge is 2.31. The van der Waals surface area contributed by atoms with Crippen LogP contribution in [-0.4, -0.2) is 26.7 Å². The number of aromatic nitrogens is 3. The number of amides is 1. The average Bonchev–Trinajstić information content (AvgIpc) is 3.27. The Bertz CT molecular complexity index is 1120. The first-order valence-electron chi connectivity index (χ1n) is 9.86. The van der Waals surface area contributed by atoms with E-state index in [0.29, 0.717) is 16.7 Å². The Morgan fingerprint density at radius 2 is 1.73 bits per heavy atom. The first-order chi connectivity index (χ1) is 14.8. The van der Waals surface area contributed by atoms with E-state index in [2.05, 4.69) is 15.5 Å². The molecule has 4 aromatic rings. The van der Waals surface area contributed by atoms with Crippen LogP contribution in [-0.2, 0) is 4.79 Å². The highest BCUT2D eigenvalue weighted by atomic mass is 32.2. The van der Waals surface area contributed by atoms with E-state index in [0.717, 1.165) is 24.1 Å². The Labute approximate surface area is 178 Å². The average molecular weight is 417 g/mol. The van der Waals surface area contributed by atoms with Gasteiger partial charge in [0, 0.05) is 11.7 Å². The van der Waals surface area contributed by atoms with Crippen LogP contribution >= 0.6 is 11.8 Å². The summed E-state index contributed by atoms with van der Waals surface area (Å²) in [6, 6.07) is 23.6. The van der Waals surface area contributed by atoms with E-state index in [1.807, 2.05) is 77.4 Å². The normalized spacial score (nSPS) is 14.4. The van der Waals surface area contributed by atoms with Crippen molar-refractivity contribution in [2.45, 2.75) is 29.3 Å². The third kappa shape index (κ3) is 3.89. The molecule has 1 atom stereocenters. The molecule has 2 heterocycles. The lowest BCUT2D eigenvalue weighted by Gasteiger charge is -2.17. The summed E-state index contributed by atoms with van der Waals surface area (Å²) in [7, 11) is 0. The predicted octanol–water partition coefficient (Wildman–Crippen LogP) is 4.64. The molecule has 2 aromatic heterocycles. The molecule has 1 N–H and O–H groups in total. The second-order valence-corrected chi connectivity index (χ2v) is 8.22. The molecule has 0 bridgehead atoms. The fraction of sp³-hybridized carbons (Fsp3) is 0.174. The van der Waals surface area contributed by atoms with Gasteiger partial charge in [-0.1, -0.05) is 60.3 Å². The summed E-state index contributed by atoms with van der Waals surface area (Å²) in [4.78, 5) is 13.1. The molecule has 1 aliphatic rings. The van der Waals surface area contributed by atoms with Crippen LogP contribution in [0.4, 0.5) is 0 Å². The van der Waals surface area contributed by atoms with Crippen molar-refractivity contribution in [1.29, 1.82) is 0 Å². The van der Waals surface area contributed by atoms with Crippen LogP contribution in [0.2, 0.25) is 0 Å². The van der Waals surface area contributed by atoms with Gasteiger partial charge in [0.2, 0.25) is 11.7 Å². The molecule has 150 valence electrons. The molecule has 0 saturated heterocycles. The molecule has 2 aromatic carbocycles. The van der Waals surface area contributed by atoms with Gasteiger partial charge in [0.05, 0.1) is 6.26 Å². The highest BCUT2D eigenvalue weighted by Crippen LogP contribution is 2.38. The van der Waals surface area contributed by atoms with E-state index >= 15 is 0 Å². The number of hydrogen-bond donors (Lipinski definition) is 1. The quantitative estimate of drug-likeness (QED) is 0.444. The summed E-state index contributed by atoms with van der Waals surface area (Å²) in [6.45, 7) is 0. The molecular weight excluding hydrogens is 396 g/mol. The van der Waals surface area contributed by atoms with Gasteiger partial charge in [0.1, 0.15) is 5.25 Å². The van der Waals surface area contributed by atoms with E-state index in [-0.39, 0.29) is 11.9 Å². The molecular formula is C23H20N4O2S. The van der Waals surface area contributed by atoms with Crippen molar-refractivity contribution in [3.63, 3.8) is 0 Å². The van der Waals surface area contributed by atoms with E-state index in [1.165, 1.54) is 11.8 Å². The van der Waals surface area contributed by atoms with Crippen LogP contribution < -0.4 is 5.32 Å². The molecule has 1 aliphatic carbocycles. The summed E-state index contributed by atoms with van der Waals surface area (Å²) in [5.41, 5.74) is 1.84. The van der Waals surface area contributed by atoms with Gasteiger partial charge in [-0.05, 0) is 42.7 Å². The monoisotopic (exact) mass is 416 g/mol. The second-order valence-electron chi connectivity index (χ2n) is 7.15. The third-order valence-corrected chi connectivity index (χ3v) is 6.07. The molecule has 30 heavy (non-hydrogen) atoms. The fourth-order valence-corrected chi connectivity index (χ4v) is 4.30. The van der Waals surface area contributed by atoms with Gasteiger partial charge in [-0.15, -0.1) is 10.2 Å². The second kappa shape index (κ2) is 8.20. The molecule has 0 aliphatic heterocycles. The van der Waals surface area contributed by atoms with Crippen LogP contribution in [0.3, 0.4) is 0 Å². The number of rotatable bonds is 7. The zero-order valence-corrected chi connectivity index (χ0v) is 17.0. The smallest absolute Gasteiger partial charge is 0.238 e. The minimum atomic E-state index is -0.428. The van der Waals surface area contributed by atoms with Crippen LogP contribution in [0.5, 0.6) is 0 Å². The van der Waals surface area contributed by atoms with Crippen molar-refractivity contribution in [2.24, 2.45) is 0 Å². The molecule has 1 amide bonds. The summed E-state index contributed by atoms with van der Waals surface area (Å²) in [5, 5.41) is 12.1. The molecule has 0 radical (unpaired) electrons. The number of benzene rings is 2. The number of hydrogen-bond acceptors (Lipinski definition) is 5. The van der Waals surface area contributed by atoms with Crippen molar-refractivity contribution >= 4 is 17.7 Å². The highest BCUT2D eigenvalue weighted by molar-refractivity contribution is 8.00. The van der Waals surface area contributed by atoms with E-state index in [1.54, 1.807) is 6.26 Å². The van der Waals surface area contributed by atoms with Gasteiger partial charge in [-0.2, -0.15) is 0 Å². The van der Waals surface area contributed by atoms with Gasteiger partial charge in [-0.3, -0.25) is 9.36 Å². The van der Waals surface area contributed by atoms with E-state index < -0.39 is 5.25 Å². The number of carbonyl (C=O) groups is 1. The minimum Gasteiger partial charge on any atom is -0.461 e. The van der Waals surface area contributed by atoms with Crippen molar-refractivity contribution in [2.75, 3.05) is 0 Å². The summed E-state index contributed by atoms with van der Waals surface area (Å²) in [6.07, 6.45) is 3.70. The first-order valence-corrected chi connectivity index (χ1v) is 10.7. The summed E-state index contributed by atoms with van der Waals surface area (Å²) in [5.74, 6) is 1.22. The Hall–Kier alpha value is -3.32. The molecule has 0 unspecified atom stereocenters. The number of thioether (sulfide) groups is 1. The maximum absolute atomic E-state index is 13.1. The molecule has 1 fully saturated rings. The zero-order chi connectivity index (χ0) is 20.3. The summed E-state index contributed by atoms with van der Waals surface area (Å²) >= 11 is 1.39. The van der Waals surface area contributed by atoms with E-state index in [4.69, 9.17) is 4.42 Å². The molecule has 0 spiro atoms. The lowest BCUT2D eigenvalue weighted by atomic mass is 10.1. The van der Waals surface area contributed by atoms with Gasteiger partial charge < -0.3 is 9.73 Å². The Kier molecular flexibility index (Phi) is 5.11. The van der Waals surface area contributed by atoms with Crippen molar-refractivity contribution in [3.05, 3.63) is 84.6 Å². The Morgan fingerprint density at radius 1 is 1.00 bits per heavy atom. The maximum atomic E-state index is 13.1. The van der Waals surface area contributed by atoms with Crippen LogP contribution in [0.15, 0.2) is 88.6 Å². The van der Waals surface area contributed by atoms with E-state index in [9.17, 15) is 4.79 Å². The number of nitrogens with zero attached hydrogens (tertiary/aromatic N) is 3. The van der Waals surface area contributed by atoms with Crippen LogP contribution in [0.1, 0.15) is 23.7 Å². The van der Waals surface area contributed by atoms with Crippen molar-refractivity contribution in [3.8, 4) is 17.3 Å². The summed E-state index contributed by atoms with van der Waals surface area (Å²) < 4.78 is 7.52. The lowest BCUT2D eigenvalue weighted by molar-refractivity contribution is -0.120. The van der Waals surface area contributed by atoms with Gasteiger partial charge >= 0.3 is 0 Å². The predicted molar refractivity (Wildman–Crippen MR) is 115 cm³/mol. The topological polar surface area (TPSA) is 73.0 Å². The van der Waals surface area contributed by atoms with Gasteiger partial charge in [0.15, 0.2) is 10.9 Å². The number of para-hydroxylation sites is 1. The van der Waals surface area contributed by atoms with Crippen LogP contribution in [0.25, 0.3) is 17.3 Å². The largest absolute Gasteiger partial charge is 0.461 e. The Morgan fingerprint density at radius 3 is 2.40 bits per heavy atom. The molecule has 6 nitrogen and oxygen atoms in total. The van der Waals surface area contributed by atoms with Crippen molar-refractivity contribution in [1.82, 2.24) is 20.1 Å². The molecule has 5 rings (SSSR count). The lowest BCUT2D eigenvalue weighted by Crippen LogP contribution is -2.29. The SMILES string of the molecule is O=C(NC1CC1)[C@H](Sc1nnc(-c2ccco2)n1-c1ccccc1)c1ccccc1. The van der Waals surface area contributed by atoms with Gasteiger partial charge in [-0.25, -0.2) is 0 Å². The maximum Gasteiger partial charge on any atom is 0.238 e. The Balaban J connectivity index is 1.56. The molecule has 1 saturated carbocycles. The number of nitrogens with one attached hydrogen (secondary N) is 1. The van der Waals surface area contributed by atoms with Gasteiger partial charge in [0.25, 0.3) is 0 Å². The third-order valence-electron chi connectivity index (χ3n) is 4.88. The number of carbonyl (C=O) groups excluding carboxylic acids is 1. The first kappa shape index (κ1) is 18.7. The fourth-order valence-electron chi connectivity index (χ4n) is 3.23. The minimum absolute atomic E-state index is 0.00383. The number of furan rings is 1. The molecule has 7 heteroatoms. The van der Waals surface area contributed by atoms with Crippen molar-refractivity contribution < 1.29 is 9.21 Å².